The second-order valence-electron chi connectivity index (χ2n) is 7.69. The minimum Gasteiger partial charge on any atom is -0.454 e. The minimum atomic E-state index is -0.312. The number of hydrogen-bond acceptors (Lipinski definition) is 6. The highest BCUT2D eigenvalue weighted by Gasteiger charge is 2.29. The van der Waals surface area contributed by atoms with E-state index in [1.165, 1.54) is 11.8 Å². The molecule has 0 saturated heterocycles. The molecule has 2 aliphatic heterocycles. The Kier molecular flexibility index (Phi) is 4.38. The Morgan fingerprint density at radius 2 is 2.04 bits per heavy atom. The number of carbonyl (C=O) groups is 1. The second kappa shape index (κ2) is 6.60. The van der Waals surface area contributed by atoms with E-state index in [0.717, 1.165) is 5.69 Å². The highest BCUT2D eigenvalue weighted by Crippen LogP contribution is 2.35. The molecule has 0 saturated carbocycles. The topological polar surface area (TPSA) is 82.5 Å². The smallest absolute Gasteiger partial charge is 0.254 e. The Bertz CT molecular complexity index is 964. The van der Waals surface area contributed by atoms with Gasteiger partial charge in [0.25, 0.3) is 5.56 Å². The Morgan fingerprint density at radius 3 is 2.81 bits per heavy atom. The van der Waals surface area contributed by atoms with E-state index in [9.17, 15) is 9.59 Å². The van der Waals surface area contributed by atoms with Gasteiger partial charge in [0.1, 0.15) is 0 Å². The number of benzene rings is 1. The third-order valence-corrected chi connectivity index (χ3v) is 5.71. The summed E-state index contributed by atoms with van der Waals surface area (Å²) in [6.07, 6.45) is 0. The van der Waals surface area contributed by atoms with E-state index in [-0.39, 0.29) is 29.6 Å². The van der Waals surface area contributed by atoms with Crippen LogP contribution in [0.3, 0.4) is 0 Å². The number of ether oxygens (including phenoxy) is 2. The molecule has 0 fully saturated rings. The van der Waals surface area contributed by atoms with Crippen LogP contribution in [0.15, 0.2) is 34.2 Å². The summed E-state index contributed by atoms with van der Waals surface area (Å²) in [6, 6.07) is 6.86. The first-order valence-corrected chi connectivity index (χ1v) is 9.75. The largest absolute Gasteiger partial charge is 0.454 e. The zero-order chi connectivity index (χ0) is 19.2. The van der Waals surface area contributed by atoms with Crippen molar-refractivity contribution in [1.82, 2.24) is 9.55 Å². The average Bonchev–Trinajstić information content (AvgIpc) is 3.08. The molecule has 27 heavy (non-hydrogen) atoms. The molecule has 4 rings (SSSR count). The number of amides is 1. The number of fused-ring (bicyclic) bond motifs is 2. The first-order valence-electron chi connectivity index (χ1n) is 8.77. The van der Waals surface area contributed by atoms with Crippen LogP contribution in [0.25, 0.3) is 0 Å². The van der Waals surface area contributed by atoms with Crippen molar-refractivity contribution in [2.75, 3.05) is 17.9 Å². The van der Waals surface area contributed by atoms with E-state index in [1.54, 1.807) is 28.8 Å². The van der Waals surface area contributed by atoms with Crippen LogP contribution in [0, 0.1) is 5.92 Å². The van der Waals surface area contributed by atoms with Crippen LogP contribution in [0.2, 0.25) is 0 Å². The molecule has 0 unspecified atom stereocenters. The molecule has 142 valence electrons. The molecule has 0 aliphatic carbocycles. The van der Waals surface area contributed by atoms with E-state index < -0.39 is 0 Å². The number of hydrogen-bond donors (Lipinski definition) is 1. The number of nitrogens with one attached hydrogen (secondary N) is 1. The van der Waals surface area contributed by atoms with Gasteiger partial charge in [-0.2, -0.15) is 0 Å². The summed E-state index contributed by atoms with van der Waals surface area (Å²) >= 11 is 1.45. The summed E-state index contributed by atoms with van der Waals surface area (Å²) in [6.45, 7) is 6.60. The Hall–Kier alpha value is -2.48. The third kappa shape index (κ3) is 3.53. The maximum absolute atomic E-state index is 12.7. The summed E-state index contributed by atoms with van der Waals surface area (Å²) in [7, 11) is 0. The maximum Gasteiger partial charge on any atom is 0.254 e. The van der Waals surface area contributed by atoms with Crippen LogP contribution in [0.1, 0.15) is 26.5 Å². The zero-order valence-corrected chi connectivity index (χ0v) is 16.3. The SMILES string of the molecule is CC(C)(C)c1cc(=O)n2c(n1)SC[C@H](C(=O)Nc1ccc3c(c1)OCO3)C2. The highest BCUT2D eigenvalue weighted by atomic mass is 32.2. The van der Waals surface area contributed by atoms with Crippen LogP contribution in [-0.2, 0) is 16.8 Å². The molecule has 1 N–H and O–H groups in total. The molecule has 2 aromatic rings. The van der Waals surface area contributed by atoms with Crippen molar-refractivity contribution in [3.05, 3.63) is 40.3 Å². The van der Waals surface area contributed by atoms with Gasteiger partial charge in [-0.25, -0.2) is 4.98 Å². The third-order valence-electron chi connectivity index (χ3n) is 4.57. The Balaban J connectivity index is 1.51. The number of nitrogens with zero attached hydrogens (tertiary/aromatic N) is 2. The molecule has 0 spiro atoms. The van der Waals surface area contributed by atoms with E-state index in [4.69, 9.17) is 9.47 Å². The summed E-state index contributed by atoms with van der Waals surface area (Å²) in [5.74, 6) is 1.43. The lowest BCUT2D eigenvalue weighted by atomic mass is 9.92. The second-order valence-corrected chi connectivity index (χ2v) is 8.68. The van der Waals surface area contributed by atoms with Gasteiger partial charge < -0.3 is 14.8 Å². The van der Waals surface area contributed by atoms with Crippen LogP contribution < -0.4 is 20.3 Å². The lowest BCUT2D eigenvalue weighted by Gasteiger charge is -2.26. The molecule has 0 radical (unpaired) electrons. The molecule has 0 bridgehead atoms. The van der Waals surface area contributed by atoms with Crippen molar-refractivity contribution < 1.29 is 14.3 Å². The molecular formula is C19H21N3O4S. The highest BCUT2D eigenvalue weighted by molar-refractivity contribution is 7.99. The number of rotatable bonds is 2. The van der Waals surface area contributed by atoms with Crippen molar-refractivity contribution in [3.63, 3.8) is 0 Å². The molecule has 1 amide bonds. The molecule has 2 aliphatic rings. The summed E-state index contributed by atoms with van der Waals surface area (Å²) in [4.78, 5) is 29.8. The van der Waals surface area contributed by atoms with Crippen molar-refractivity contribution in [2.45, 2.75) is 37.9 Å². The molecule has 1 aromatic heterocycles. The molecule has 1 atom stereocenters. The van der Waals surface area contributed by atoms with E-state index in [1.807, 2.05) is 20.8 Å². The molecule has 7 nitrogen and oxygen atoms in total. The number of thioether (sulfide) groups is 1. The van der Waals surface area contributed by atoms with Gasteiger partial charge in [0, 0.05) is 35.5 Å². The van der Waals surface area contributed by atoms with E-state index >= 15 is 0 Å². The summed E-state index contributed by atoms with van der Waals surface area (Å²) in [5.41, 5.74) is 1.12. The van der Waals surface area contributed by atoms with Crippen molar-refractivity contribution in [3.8, 4) is 11.5 Å². The average molecular weight is 387 g/mol. The fraction of sp³-hybridized carbons (Fsp3) is 0.421. The van der Waals surface area contributed by atoms with Gasteiger partial charge in [0.15, 0.2) is 16.7 Å². The van der Waals surface area contributed by atoms with Gasteiger partial charge in [0.05, 0.1) is 11.6 Å². The lowest BCUT2D eigenvalue weighted by Crippen LogP contribution is -2.37. The molecular weight excluding hydrogens is 366 g/mol. The first kappa shape index (κ1) is 17.9. The Labute approximate surface area is 161 Å². The van der Waals surface area contributed by atoms with Crippen LogP contribution in [0.4, 0.5) is 5.69 Å². The number of aromatic nitrogens is 2. The monoisotopic (exact) mass is 387 g/mol. The van der Waals surface area contributed by atoms with E-state index in [0.29, 0.717) is 34.6 Å². The molecule has 8 heteroatoms. The maximum atomic E-state index is 12.7. The van der Waals surface area contributed by atoms with Gasteiger partial charge in [-0.3, -0.25) is 14.2 Å². The number of carbonyl (C=O) groups excluding carboxylic acids is 1. The molecule has 3 heterocycles. The fourth-order valence-electron chi connectivity index (χ4n) is 2.97. The van der Waals surface area contributed by atoms with Crippen molar-refractivity contribution in [1.29, 1.82) is 0 Å². The standard InChI is InChI=1S/C19H21N3O4S/c1-19(2,3)15-7-16(23)22-8-11(9-27-18(22)21-15)17(24)20-12-4-5-13-14(6-12)26-10-25-13/h4-7,11H,8-10H2,1-3H3,(H,20,24)/t11-/m1/s1. The molecule has 1 aromatic carbocycles. The van der Waals surface area contributed by atoms with Gasteiger partial charge >= 0.3 is 0 Å². The van der Waals surface area contributed by atoms with Crippen LogP contribution >= 0.6 is 11.8 Å². The quantitative estimate of drug-likeness (QED) is 0.798. The van der Waals surface area contributed by atoms with Gasteiger partial charge in [-0.05, 0) is 12.1 Å². The fourth-order valence-corrected chi connectivity index (χ4v) is 4.06. The summed E-state index contributed by atoms with van der Waals surface area (Å²) < 4.78 is 12.2. The van der Waals surface area contributed by atoms with Crippen molar-refractivity contribution in [2.24, 2.45) is 5.92 Å². The first-order chi connectivity index (χ1) is 12.8. The van der Waals surface area contributed by atoms with Gasteiger partial charge in [-0.1, -0.05) is 32.5 Å². The predicted molar refractivity (Wildman–Crippen MR) is 103 cm³/mol. The van der Waals surface area contributed by atoms with Crippen LogP contribution in [0.5, 0.6) is 11.5 Å². The zero-order valence-electron chi connectivity index (χ0n) is 15.4. The predicted octanol–water partition coefficient (Wildman–Crippen LogP) is 2.63. The Morgan fingerprint density at radius 1 is 1.26 bits per heavy atom. The van der Waals surface area contributed by atoms with E-state index in [2.05, 4.69) is 10.3 Å². The number of anilines is 1. The van der Waals surface area contributed by atoms with Crippen LogP contribution in [-0.4, -0.2) is 28.0 Å². The van der Waals surface area contributed by atoms with Crippen molar-refractivity contribution >= 4 is 23.4 Å². The normalized spacial score (nSPS) is 18.1. The van der Waals surface area contributed by atoms with Gasteiger partial charge in [0.2, 0.25) is 12.7 Å². The van der Waals surface area contributed by atoms with Gasteiger partial charge in [-0.15, -0.1) is 0 Å². The lowest BCUT2D eigenvalue weighted by molar-refractivity contribution is -0.119. The summed E-state index contributed by atoms with van der Waals surface area (Å²) in [5, 5.41) is 3.58. The minimum absolute atomic E-state index is 0.113.